The highest BCUT2D eigenvalue weighted by atomic mass is 79.9. The van der Waals surface area contributed by atoms with E-state index in [4.69, 9.17) is 10.5 Å². The Morgan fingerprint density at radius 1 is 1.26 bits per heavy atom. The van der Waals surface area contributed by atoms with Crippen LogP contribution in [0.15, 0.2) is 59.1 Å². The first-order chi connectivity index (χ1) is 16.3. The second-order valence-corrected chi connectivity index (χ2v) is 9.45. The van der Waals surface area contributed by atoms with Crippen LogP contribution in [0.1, 0.15) is 24.5 Å². The Kier molecular flexibility index (Phi) is 8.77. The molecule has 2 amide bonds. The Hall–Kier alpha value is -2.65. The van der Waals surface area contributed by atoms with Crippen LogP contribution in [-0.4, -0.2) is 42.2 Å². The van der Waals surface area contributed by atoms with Gasteiger partial charge in [-0.3, -0.25) is 9.59 Å². The van der Waals surface area contributed by atoms with E-state index in [1.165, 1.54) is 6.92 Å². The molecule has 9 heteroatoms. The van der Waals surface area contributed by atoms with Crippen LogP contribution in [0.2, 0.25) is 0 Å². The number of anilines is 1. The van der Waals surface area contributed by atoms with Crippen LogP contribution in [-0.2, 0) is 22.6 Å². The van der Waals surface area contributed by atoms with Gasteiger partial charge in [0, 0.05) is 15.7 Å². The average Bonchev–Trinajstić information content (AvgIpc) is 2.95. The van der Waals surface area contributed by atoms with Crippen molar-refractivity contribution in [1.29, 1.82) is 0 Å². The molecule has 0 unspecified atom stereocenters. The van der Waals surface area contributed by atoms with E-state index in [9.17, 15) is 14.7 Å². The lowest BCUT2D eigenvalue weighted by Crippen LogP contribution is -2.54. The molecule has 7 nitrogen and oxygen atoms in total. The summed E-state index contributed by atoms with van der Waals surface area (Å²) in [6.45, 7) is 1.72. The molecule has 0 saturated heterocycles. The Balaban J connectivity index is 0.00000342. The summed E-state index contributed by atoms with van der Waals surface area (Å²) in [5, 5.41) is 14.5. The summed E-state index contributed by atoms with van der Waals surface area (Å²) in [4.78, 5) is 28.1. The summed E-state index contributed by atoms with van der Waals surface area (Å²) >= 11 is 3.52. The lowest BCUT2D eigenvalue weighted by molar-refractivity contribution is -0.129. The largest absolute Gasteiger partial charge is 0.496 e. The molecule has 1 heterocycles. The minimum Gasteiger partial charge on any atom is -0.496 e. The fraction of sp³-hybridized carbons (Fsp3) is 0.308. The van der Waals surface area contributed by atoms with Crippen molar-refractivity contribution in [1.82, 2.24) is 5.32 Å². The van der Waals surface area contributed by atoms with Crippen molar-refractivity contribution in [3.63, 3.8) is 0 Å². The molecule has 4 N–H and O–H groups in total. The van der Waals surface area contributed by atoms with Gasteiger partial charge in [-0.2, -0.15) is 0 Å². The maximum atomic E-state index is 13.8. The standard InChI is InChI=1S/C26H28BrN3O4.ClH/c1-15(31)24(28)25(32)29-21-11-7-16-5-3-4-6-22(16)30(26(21)33)14-20-19-10-9-18(27)13-17(19)8-12-23(20)34-2;/h3-6,8-10,12-13,15,21,24,31H,7,11,14,28H2,1-2H3,(H,29,32);1H/t15-,21-,24-;/m0./s1. The lowest BCUT2D eigenvalue weighted by atomic mass is 10.0. The number of para-hydroxylation sites is 1. The zero-order valence-electron chi connectivity index (χ0n) is 19.5. The number of aliphatic hydroxyl groups is 1. The maximum absolute atomic E-state index is 13.8. The number of hydrogen-bond acceptors (Lipinski definition) is 5. The molecule has 3 aromatic rings. The van der Waals surface area contributed by atoms with Gasteiger partial charge in [-0.05, 0) is 60.4 Å². The molecule has 0 aromatic heterocycles. The first-order valence-corrected chi connectivity index (χ1v) is 12.0. The molecule has 0 spiro atoms. The smallest absolute Gasteiger partial charge is 0.249 e. The van der Waals surface area contributed by atoms with Gasteiger partial charge in [0.15, 0.2) is 0 Å². The second kappa shape index (κ2) is 11.4. The van der Waals surface area contributed by atoms with Crippen molar-refractivity contribution in [2.45, 2.75) is 44.5 Å². The van der Waals surface area contributed by atoms with E-state index in [1.807, 2.05) is 54.6 Å². The number of aryl methyl sites for hydroxylation is 1. The van der Waals surface area contributed by atoms with Crippen LogP contribution < -0.4 is 20.7 Å². The van der Waals surface area contributed by atoms with Gasteiger partial charge < -0.3 is 25.8 Å². The molecule has 0 radical (unpaired) electrons. The zero-order valence-corrected chi connectivity index (χ0v) is 21.9. The SMILES string of the molecule is COc1ccc2cc(Br)ccc2c1CN1C(=O)[C@@H](NC(=O)[C@@H](N)[C@H](C)O)CCc2ccccc21.Cl. The predicted molar refractivity (Wildman–Crippen MR) is 143 cm³/mol. The minimum absolute atomic E-state index is 0. The number of nitrogens with zero attached hydrogens (tertiary/aromatic N) is 1. The molecule has 0 saturated carbocycles. The topological polar surface area (TPSA) is 105 Å². The van der Waals surface area contributed by atoms with Gasteiger partial charge >= 0.3 is 0 Å². The summed E-state index contributed by atoms with van der Waals surface area (Å²) < 4.78 is 6.63. The normalized spacial score (nSPS) is 17.1. The number of hydrogen-bond donors (Lipinski definition) is 3. The highest BCUT2D eigenvalue weighted by Crippen LogP contribution is 2.35. The number of carbonyl (C=O) groups excluding carboxylic acids is 2. The summed E-state index contributed by atoms with van der Waals surface area (Å²) in [5.74, 6) is -0.0971. The summed E-state index contributed by atoms with van der Waals surface area (Å²) in [7, 11) is 1.61. The van der Waals surface area contributed by atoms with Crippen molar-refractivity contribution < 1.29 is 19.4 Å². The molecule has 35 heavy (non-hydrogen) atoms. The number of aliphatic hydroxyl groups excluding tert-OH is 1. The molecule has 186 valence electrons. The number of nitrogens with two attached hydrogens (primary N) is 1. The summed E-state index contributed by atoms with van der Waals surface area (Å²) in [6, 6.07) is 15.8. The maximum Gasteiger partial charge on any atom is 0.249 e. The van der Waals surface area contributed by atoms with E-state index in [0.717, 1.165) is 32.1 Å². The van der Waals surface area contributed by atoms with E-state index in [2.05, 4.69) is 21.2 Å². The van der Waals surface area contributed by atoms with Gasteiger partial charge in [0.2, 0.25) is 11.8 Å². The number of nitrogens with one attached hydrogen (secondary N) is 1. The second-order valence-electron chi connectivity index (χ2n) is 8.53. The van der Waals surface area contributed by atoms with Gasteiger partial charge in [-0.25, -0.2) is 0 Å². The summed E-state index contributed by atoms with van der Waals surface area (Å²) in [5.41, 5.74) is 8.52. The zero-order chi connectivity index (χ0) is 24.4. The number of ether oxygens (including phenoxy) is 1. The third-order valence-corrected chi connectivity index (χ3v) is 6.77. The van der Waals surface area contributed by atoms with Crippen molar-refractivity contribution in [3.05, 3.63) is 70.2 Å². The van der Waals surface area contributed by atoms with Crippen molar-refractivity contribution in [3.8, 4) is 5.75 Å². The molecule has 1 aliphatic rings. The van der Waals surface area contributed by atoms with Crippen molar-refractivity contribution >= 4 is 56.6 Å². The molecule has 3 aromatic carbocycles. The van der Waals surface area contributed by atoms with Crippen LogP contribution in [0, 0.1) is 0 Å². The first-order valence-electron chi connectivity index (χ1n) is 11.2. The van der Waals surface area contributed by atoms with Gasteiger partial charge in [-0.15, -0.1) is 12.4 Å². The fourth-order valence-electron chi connectivity index (χ4n) is 4.36. The third-order valence-electron chi connectivity index (χ3n) is 6.27. The Bertz CT molecular complexity index is 1240. The van der Waals surface area contributed by atoms with Crippen LogP contribution in [0.5, 0.6) is 5.75 Å². The molecular formula is C26H29BrClN3O4. The van der Waals surface area contributed by atoms with E-state index in [0.29, 0.717) is 18.6 Å². The van der Waals surface area contributed by atoms with E-state index < -0.39 is 24.1 Å². The Labute approximate surface area is 219 Å². The van der Waals surface area contributed by atoms with Crippen LogP contribution in [0.25, 0.3) is 10.8 Å². The first kappa shape index (κ1) is 26.9. The number of halogens is 2. The van der Waals surface area contributed by atoms with Crippen LogP contribution >= 0.6 is 28.3 Å². The molecule has 0 bridgehead atoms. The number of carbonyl (C=O) groups is 2. The fourth-order valence-corrected chi connectivity index (χ4v) is 4.74. The van der Waals surface area contributed by atoms with Gasteiger partial charge in [0.25, 0.3) is 0 Å². The number of amides is 2. The monoisotopic (exact) mass is 561 g/mol. The molecule has 3 atom stereocenters. The molecule has 4 rings (SSSR count). The Morgan fingerprint density at radius 3 is 2.71 bits per heavy atom. The minimum atomic E-state index is -1.11. The van der Waals surface area contributed by atoms with Crippen LogP contribution in [0.3, 0.4) is 0 Å². The van der Waals surface area contributed by atoms with Crippen molar-refractivity contribution in [2.75, 3.05) is 12.0 Å². The highest BCUT2D eigenvalue weighted by Gasteiger charge is 2.33. The third kappa shape index (κ3) is 5.62. The van der Waals surface area contributed by atoms with Crippen LogP contribution in [0.4, 0.5) is 5.69 Å². The highest BCUT2D eigenvalue weighted by molar-refractivity contribution is 9.10. The number of methoxy groups -OCH3 is 1. The summed E-state index contributed by atoms with van der Waals surface area (Å²) in [6.07, 6.45) is 0.0328. The lowest BCUT2D eigenvalue weighted by Gasteiger charge is -2.28. The molecule has 0 aliphatic carbocycles. The molecular weight excluding hydrogens is 534 g/mol. The molecule has 0 fully saturated rings. The average molecular weight is 563 g/mol. The molecule has 1 aliphatic heterocycles. The predicted octanol–water partition coefficient (Wildman–Crippen LogP) is 3.71. The van der Waals surface area contributed by atoms with E-state index in [1.54, 1.807) is 12.0 Å². The number of rotatable bonds is 6. The Morgan fingerprint density at radius 2 is 2.00 bits per heavy atom. The van der Waals surface area contributed by atoms with Gasteiger partial charge in [-0.1, -0.05) is 46.3 Å². The van der Waals surface area contributed by atoms with E-state index >= 15 is 0 Å². The van der Waals surface area contributed by atoms with Gasteiger partial charge in [0.05, 0.1) is 19.8 Å². The van der Waals surface area contributed by atoms with Gasteiger partial charge in [0.1, 0.15) is 17.8 Å². The number of fused-ring (bicyclic) bond motifs is 2. The quantitative estimate of drug-likeness (QED) is 0.425. The number of benzene rings is 3. The van der Waals surface area contributed by atoms with E-state index in [-0.39, 0.29) is 24.9 Å². The van der Waals surface area contributed by atoms with Crippen molar-refractivity contribution in [2.24, 2.45) is 5.73 Å².